The Morgan fingerprint density at radius 3 is 2.48 bits per heavy atom. The van der Waals surface area contributed by atoms with Crippen LogP contribution < -0.4 is 5.32 Å². The zero-order chi connectivity index (χ0) is 17.6. The molecule has 1 saturated heterocycles. The molecule has 3 rings (SSSR count). The maximum Gasteiger partial charge on any atom is 0.255 e. The van der Waals surface area contributed by atoms with Gasteiger partial charge in [-0.1, -0.05) is 41.9 Å². The number of benzene rings is 2. The second-order valence-electron chi connectivity index (χ2n) is 5.81. The Kier molecular flexibility index (Phi) is 5.68. The van der Waals surface area contributed by atoms with Crippen LogP contribution in [0.1, 0.15) is 15.9 Å². The summed E-state index contributed by atoms with van der Waals surface area (Å²) in [5.41, 5.74) is 1.94. The zero-order valence-electron chi connectivity index (χ0n) is 13.7. The third-order valence-electron chi connectivity index (χ3n) is 3.99. The van der Waals surface area contributed by atoms with Crippen molar-refractivity contribution in [1.82, 2.24) is 4.90 Å². The highest BCUT2D eigenvalue weighted by Gasteiger charge is 2.20. The molecule has 1 N–H and O–H groups in total. The number of carbonyl (C=O) groups excluding carboxylic acids is 2. The summed E-state index contributed by atoms with van der Waals surface area (Å²) in [6.07, 6.45) is 0.285. The summed E-state index contributed by atoms with van der Waals surface area (Å²) in [4.78, 5) is 26.3. The molecular weight excluding hydrogens is 340 g/mol. The minimum atomic E-state index is -0.130. The van der Waals surface area contributed by atoms with Crippen LogP contribution in [0.25, 0.3) is 0 Å². The fourth-order valence-corrected chi connectivity index (χ4v) is 2.95. The van der Waals surface area contributed by atoms with Crippen LogP contribution in [0.15, 0.2) is 48.5 Å². The number of morpholine rings is 1. The number of carbonyl (C=O) groups is 2. The van der Waals surface area contributed by atoms with Crippen molar-refractivity contribution in [2.45, 2.75) is 6.42 Å². The number of halogens is 1. The molecule has 1 heterocycles. The van der Waals surface area contributed by atoms with Crippen molar-refractivity contribution in [3.05, 3.63) is 64.7 Å². The van der Waals surface area contributed by atoms with E-state index in [0.717, 1.165) is 5.56 Å². The van der Waals surface area contributed by atoms with Gasteiger partial charge in [-0.2, -0.15) is 0 Å². The number of anilines is 1. The van der Waals surface area contributed by atoms with E-state index >= 15 is 0 Å². The lowest BCUT2D eigenvalue weighted by atomic mass is 10.1. The van der Waals surface area contributed by atoms with E-state index in [0.29, 0.717) is 42.6 Å². The molecule has 2 amide bonds. The van der Waals surface area contributed by atoms with Gasteiger partial charge in [0.05, 0.1) is 30.2 Å². The summed E-state index contributed by atoms with van der Waals surface area (Å²) in [7, 11) is 0. The summed E-state index contributed by atoms with van der Waals surface area (Å²) >= 11 is 6.26. The number of ether oxygens (including phenoxy) is 1. The number of hydrogen-bond acceptors (Lipinski definition) is 3. The van der Waals surface area contributed by atoms with Gasteiger partial charge in [-0.3, -0.25) is 9.59 Å². The molecule has 1 aliphatic rings. The van der Waals surface area contributed by atoms with Crippen LogP contribution in [0, 0.1) is 0 Å². The fourth-order valence-electron chi connectivity index (χ4n) is 2.69. The van der Waals surface area contributed by atoms with Crippen molar-refractivity contribution in [3.63, 3.8) is 0 Å². The van der Waals surface area contributed by atoms with Gasteiger partial charge < -0.3 is 15.0 Å². The number of nitrogens with one attached hydrogen (secondary N) is 1. The van der Waals surface area contributed by atoms with Crippen molar-refractivity contribution in [2.24, 2.45) is 0 Å². The van der Waals surface area contributed by atoms with Crippen LogP contribution in [0.4, 0.5) is 5.69 Å². The molecule has 6 heteroatoms. The standard InChI is InChI=1S/C19H19ClN2O3/c20-17-13-15(21-18(23)12-14-4-2-1-3-5-14)6-7-16(17)19(24)22-8-10-25-11-9-22/h1-7,13H,8-12H2,(H,21,23). The average Bonchev–Trinajstić information content (AvgIpc) is 2.63. The predicted molar refractivity (Wildman–Crippen MR) is 97.0 cm³/mol. The highest BCUT2D eigenvalue weighted by Crippen LogP contribution is 2.23. The van der Waals surface area contributed by atoms with Gasteiger partial charge in [0, 0.05) is 18.8 Å². The number of hydrogen-bond donors (Lipinski definition) is 1. The fraction of sp³-hybridized carbons (Fsp3) is 0.263. The lowest BCUT2D eigenvalue weighted by Gasteiger charge is -2.27. The van der Waals surface area contributed by atoms with Crippen LogP contribution in [0.3, 0.4) is 0 Å². The summed E-state index contributed by atoms with van der Waals surface area (Å²) in [5.74, 6) is -0.245. The van der Waals surface area contributed by atoms with Crippen molar-refractivity contribution >= 4 is 29.1 Å². The monoisotopic (exact) mass is 358 g/mol. The predicted octanol–water partition coefficient (Wildman–Crippen LogP) is 2.99. The number of amides is 2. The quantitative estimate of drug-likeness (QED) is 0.914. The molecule has 2 aromatic carbocycles. The van der Waals surface area contributed by atoms with E-state index in [2.05, 4.69) is 5.32 Å². The smallest absolute Gasteiger partial charge is 0.255 e. The molecule has 0 saturated carbocycles. The summed E-state index contributed by atoms with van der Waals surface area (Å²) in [5, 5.41) is 3.14. The van der Waals surface area contributed by atoms with E-state index in [4.69, 9.17) is 16.3 Å². The average molecular weight is 359 g/mol. The molecule has 0 atom stereocenters. The lowest BCUT2D eigenvalue weighted by molar-refractivity contribution is -0.115. The van der Waals surface area contributed by atoms with Crippen molar-refractivity contribution in [1.29, 1.82) is 0 Å². The Bertz CT molecular complexity index is 759. The molecule has 0 radical (unpaired) electrons. The second kappa shape index (κ2) is 8.14. The SMILES string of the molecule is O=C(Cc1ccccc1)Nc1ccc(C(=O)N2CCOCC2)c(Cl)c1. The number of nitrogens with zero attached hydrogens (tertiary/aromatic N) is 1. The van der Waals surface area contributed by atoms with Gasteiger partial charge in [-0.15, -0.1) is 0 Å². The first-order valence-corrected chi connectivity index (χ1v) is 8.51. The zero-order valence-corrected chi connectivity index (χ0v) is 14.5. The van der Waals surface area contributed by atoms with Gasteiger partial charge in [-0.25, -0.2) is 0 Å². The highest BCUT2D eigenvalue weighted by atomic mass is 35.5. The topological polar surface area (TPSA) is 58.6 Å². The van der Waals surface area contributed by atoms with Crippen LogP contribution in [-0.2, 0) is 16.0 Å². The molecule has 25 heavy (non-hydrogen) atoms. The van der Waals surface area contributed by atoms with E-state index in [-0.39, 0.29) is 18.2 Å². The van der Waals surface area contributed by atoms with Crippen molar-refractivity contribution in [2.75, 3.05) is 31.6 Å². The Balaban J connectivity index is 1.65. The maximum absolute atomic E-state index is 12.5. The third-order valence-corrected chi connectivity index (χ3v) is 4.30. The Labute approximate surface area is 151 Å². The molecule has 1 fully saturated rings. The van der Waals surface area contributed by atoms with Gasteiger partial charge in [0.2, 0.25) is 5.91 Å². The lowest BCUT2D eigenvalue weighted by Crippen LogP contribution is -2.40. The van der Waals surface area contributed by atoms with E-state index < -0.39 is 0 Å². The van der Waals surface area contributed by atoms with Gasteiger partial charge in [-0.05, 0) is 23.8 Å². The third kappa shape index (κ3) is 4.59. The first-order valence-electron chi connectivity index (χ1n) is 8.14. The van der Waals surface area contributed by atoms with E-state index in [1.54, 1.807) is 23.1 Å². The van der Waals surface area contributed by atoms with Gasteiger partial charge >= 0.3 is 0 Å². The molecule has 0 aliphatic carbocycles. The van der Waals surface area contributed by atoms with E-state index in [1.807, 2.05) is 30.3 Å². The molecule has 5 nitrogen and oxygen atoms in total. The van der Waals surface area contributed by atoms with E-state index in [9.17, 15) is 9.59 Å². The molecule has 0 bridgehead atoms. The van der Waals surface area contributed by atoms with Gasteiger partial charge in [0.1, 0.15) is 0 Å². The Morgan fingerprint density at radius 2 is 1.80 bits per heavy atom. The summed E-state index contributed by atoms with van der Waals surface area (Å²) < 4.78 is 5.25. The molecular formula is C19H19ClN2O3. The summed E-state index contributed by atoms with van der Waals surface area (Å²) in [6.45, 7) is 2.20. The molecule has 0 aromatic heterocycles. The van der Waals surface area contributed by atoms with Crippen molar-refractivity contribution < 1.29 is 14.3 Å². The van der Waals surface area contributed by atoms with Crippen LogP contribution in [0.2, 0.25) is 5.02 Å². The largest absolute Gasteiger partial charge is 0.378 e. The molecule has 0 unspecified atom stereocenters. The van der Waals surface area contributed by atoms with E-state index in [1.165, 1.54) is 0 Å². The molecule has 130 valence electrons. The molecule has 2 aromatic rings. The normalized spacial score (nSPS) is 14.2. The molecule has 0 spiro atoms. The Morgan fingerprint density at radius 1 is 1.08 bits per heavy atom. The minimum absolute atomic E-state index is 0.115. The van der Waals surface area contributed by atoms with Crippen LogP contribution >= 0.6 is 11.6 Å². The summed E-state index contributed by atoms with van der Waals surface area (Å²) in [6, 6.07) is 14.5. The number of rotatable bonds is 4. The van der Waals surface area contributed by atoms with Crippen LogP contribution in [-0.4, -0.2) is 43.0 Å². The first-order chi connectivity index (χ1) is 12.1. The van der Waals surface area contributed by atoms with Gasteiger partial charge in [0.25, 0.3) is 5.91 Å². The first kappa shape index (κ1) is 17.5. The Hall–Kier alpha value is -2.37. The van der Waals surface area contributed by atoms with Crippen LogP contribution in [0.5, 0.6) is 0 Å². The maximum atomic E-state index is 12.5. The molecule has 1 aliphatic heterocycles. The van der Waals surface area contributed by atoms with Crippen molar-refractivity contribution in [3.8, 4) is 0 Å². The van der Waals surface area contributed by atoms with Gasteiger partial charge in [0.15, 0.2) is 0 Å². The second-order valence-corrected chi connectivity index (χ2v) is 6.22. The minimum Gasteiger partial charge on any atom is -0.378 e. The highest BCUT2D eigenvalue weighted by molar-refractivity contribution is 6.34.